The van der Waals surface area contributed by atoms with Crippen molar-refractivity contribution in [3.63, 3.8) is 0 Å². The number of H-pyrrole nitrogens is 1. The first kappa shape index (κ1) is 17.3. The van der Waals surface area contributed by atoms with Gasteiger partial charge >= 0.3 is 0 Å². The predicted octanol–water partition coefficient (Wildman–Crippen LogP) is 4.35. The van der Waals surface area contributed by atoms with Gasteiger partial charge in [0.25, 0.3) is 0 Å². The molecule has 0 aliphatic rings. The molecule has 5 heteroatoms. The average molecular weight is 351 g/mol. The lowest BCUT2D eigenvalue weighted by Gasteiger charge is -2.04. The number of thioether (sulfide) groups is 1. The molecule has 1 aromatic heterocycles. The van der Waals surface area contributed by atoms with E-state index < -0.39 is 0 Å². The molecule has 0 saturated carbocycles. The van der Waals surface area contributed by atoms with Crippen LogP contribution in [0.5, 0.6) is 0 Å². The molecule has 4 nitrogen and oxygen atoms in total. The minimum Gasteiger partial charge on any atom is -0.337 e. The maximum Gasteiger partial charge on any atom is 0.234 e. The SMILES string of the molecule is Cc1cccc(NC(=O)CSc2nc(Cc3ccccc3)c(C)[nH]2)c1. The highest BCUT2D eigenvalue weighted by atomic mass is 32.2. The van der Waals surface area contributed by atoms with E-state index in [1.165, 1.54) is 17.3 Å². The second-order valence-corrected chi connectivity index (χ2v) is 6.95. The van der Waals surface area contributed by atoms with Gasteiger partial charge in [0.1, 0.15) is 0 Å². The van der Waals surface area contributed by atoms with Gasteiger partial charge in [-0.25, -0.2) is 4.98 Å². The van der Waals surface area contributed by atoms with E-state index in [2.05, 4.69) is 27.4 Å². The number of aromatic nitrogens is 2. The van der Waals surface area contributed by atoms with Crippen molar-refractivity contribution < 1.29 is 4.79 Å². The molecule has 0 atom stereocenters. The van der Waals surface area contributed by atoms with E-state index in [1.807, 2.05) is 56.3 Å². The Labute approximate surface area is 152 Å². The first-order valence-electron chi connectivity index (χ1n) is 8.19. The Morgan fingerprint density at radius 2 is 1.92 bits per heavy atom. The number of amides is 1. The molecule has 0 saturated heterocycles. The topological polar surface area (TPSA) is 57.8 Å². The van der Waals surface area contributed by atoms with Crippen LogP contribution in [0, 0.1) is 13.8 Å². The summed E-state index contributed by atoms with van der Waals surface area (Å²) in [7, 11) is 0. The number of aromatic amines is 1. The van der Waals surface area contributed by atoms with E-state index in [1.54, 1.807) is 0 Å². The molecular formula is C20H21N3OS. The summed E-state index contributed by atoms with van der Waals surface area (Å²) in [4.78, 5) is 20.0. The number of hydrogen-bond acceptors (Lipinski definition) is 3. The fraction of sp³-hybridized carbons (Fsp3) is 0.200. The lowest BCUT2D eigenvalue weighted by Crippen LogP contribution is -2.14. The number of imidazole rings is 1. The molecule has 128 valence electrons. The standard InChI is InChI=1S/C20H21N3OS/c1-14-7-6-10-17(11-14)22-19(24)13-25-20-21-15(2)18(23-20)12-16-8-4-3-5-9-16/h3-11H,12-13H2,1-2H3,(H,21,23)(H,22,24). The average Bonchev–Trinajstić information content (AvgIpc) is 2.94. The Morgan fingerprint density at radius 3 is 2.68 bits per heavy atom. The molecule has 2 N–H and O–H groups in total. The third-order valence-corrected chi connectivity index (χ3v) is 4.69. The molecule has 0 aliphatic carbocycles. The lowest BCUT2D eigenvalue weighted by molar-refractivity contribution is -0.113. The largest absolute Gasteiger partial charge is 0.337 e. The Balaban J connectivity index is 1.56. The van der Waals surface area contributed by atoms with Crippen LogP contribution in [0.4, 0.5) is 5.69 Å². The number of rotatable bonds is 6. The van der Waals surface area contributed by atoms with E-state index in [4.69, 9.17) is 0 Å². The van der Waals surface area contributed by atoms with Gasteiger partial charge in [-0.2, -0.15) is 0 Å². The molecule has 3 aromatic rings. The highest BCUT2D eigenvalue weighted by molar-refractivity contribution is 7.99. The summed E-state index contributed by atoms with van der Waals surface area (Å²) in [6.07, 6.45) is 0.791. The van der Waals surface area contributed by atoms with Crippen LogP contribution in [-0.2, 0) is 11.2 Å². The minimum atomic E-state index is -0.0331. The van der Waals surface area contributed by atoms with Gasteiger partial charge in [-0.05, 0) is 37.1 Å². The highest BCUT2D eigenvalue weighted by Crippen LogP contribution is 2.19. The molecule has 2 aromatic carbocycles. The fourth-order valence-corrected chi connectivity index (χ4v) is 3.29. The molecule has 0 bridgehead atoms. The Hall–Kier alpha value is -2.53. The Kier molecular flexibility index (Phi) is 5.56. The van der Waals surface area contributed by atoms with Crippen molar-refractivity contribution in [2.24, 2.45) is 0 Å². The number of nitrogens with zero attached hydrogens (tertiary/aromatic N) is 1. The van der Waals surface area contributed by atoms with E-state index in [0.29, 0.717) is 5.75 Å². The van der Waals surface area contributed by atoms with E-state index >= 15 is 0 Å². The molecule has 25 heavy (non-hydrogen) atoms. The lowest BCUT2D eigenvalue weighted by atomic mass is 10.1. The number of carbonyl (C=O) groups excluding carboxylic acids is 1. The van der Waals surface area contributed by atoms with Gasteiger partial charge in [0.15, 0.2) is 5.16 Å². The second-order valence-electron chi connectivity index (χ2n) is 5.98. The van der Waals surface area contributed by atoms with Crippen molar-refractivity contribution in [2.45, 2.75) is 25.4 Å². The Bertz CT molecular complexity index is 858. The van der Waals surface area contributed by atoms with Gasteiger partial charge in [-0.1, -0.05) is 54.2 Å². The highest BCUT2D eigenvalue weighted by Gasteiger charge is 2.10. The van der Waals surface area contributed by atoms with E-state index in [-0.39, 0.29) is 5.91 Å². The van der Waals surface area contributed by atoms with Crippen LogP contribution in [0.1, 0.15) is 22.5 Å². The van der Waals surface area contributed by atoms with Crippen molar-refractivity contribution in [2.75, 3.05) is 11.1 Å². The summed E-state index contributed by atoms with van der Waals surface area (Å²) in [5, 5.41) is 3.69. The summed E-state index contributed by atoms with van der Waals surface area (Å²) in [6.45, 7) is 4.02. The maximum absolute atomic E-state index is 12.1. The first-order valence-corrected chi connectivity index (χ1v) is 9.17. The summed E-state index contributed by atoms with van der Waals surface area (Å²) >= 11 is 1.42. The monoisotopic (exact) mass is 351 g/mol. The number of aryl methyl sites for hydroxylation is 2. The number of benzene rings is 2. The number of hydrogen-bond donors (Lipinski definition) is 2. The molecule has 0 fully saturated rings. The molecule has 0 aliphatic heterocycles. The zero-order valence-corrected chi connectivity index (χ0v) is 15.2. The van der Waals surface area contributed by atoms with E-state index in [0.717, 1.165) is 34.2 Å². The molecule has 1 heterocycles. The van der Waals surface area contributed by atoms with Gasteiger partial charge in [0.05, 0.1) is 11.4 Å². The predicted molar refractivity (Wildman–Crippen MR) is 103 cm³/mol. The molecule has 3 rings (SSSR count). The van der Waals surface area contributed by atoms with Crippen LogP contribution in [-0.4, -0.2) is 21.6 Å². The van der Waals surface area contributed by atoms with Crippen LogP contribution >= 0.6 is 11.8 Å². The van der Waals surface area contributed by atoms with Crippen LogP contribution < -0.4 is 5.32 Å². The zero-order chi connectivity index (χ0) is 17.6. The third kappa shape index (κ3) is 4.97. The van der Waals surface area contributed by atoms with Crippen LogP contribution in [0.15, 0.2) is 59.8 Å². The summed E-state index contributed by atoms with van der Waals surface area (Å²) < 4.78 is 0. The second kappa shape index (κ2) is 8.03. The fourth-order valence-electron chi connectivity index (χ4n) is 2.55. The number of carbonyl (C=O) groups is 1. The van der Waals surface area contributed by atoms with Gasteiger partial charge in [-0.15, -0.1) is 0 Å². The summed E-state index contributed by atoms with van der Waals surface area (Å²) in [5.41, 5.74) is 5.24. The van der Waals surface area contributed by atoms with Gasteiger partial charge < -0.3 is 10.3 Å². The molecular weight excluding hydrogens is 330 g/mol. The van der Waals surface area contributed by atoms with Crippen molar-refractivity contribution in [3.8, 4) is 0 Å². The normalized spacial score (nSPS) is 10.6. The van der Waals surface area contributed by atoms with Crippen molar-refractivity contribution in [1.82, 2.24) is 9.97 Å². The molecule has 0 spiro atoms. The summed E-state index contributed by atoms with van der Waals surface area (Å²) in [6, 6.07) is 18.0. The van der Waals surface area contributed by atoms with Gasteiger partial charge in [-0.3, -0.25) is 4.79 Å². The maximum atomic E-state index is 12.1. The van der Waals surface area contributed by atoms with Gasteiger partial charge in [0.2, 0.25) is 5.91 Å². The van der Waals surface area contributed by atoms with Crippen LogP contribution in [0.2, 0.25) is 0 Å². The quantitative estimate of drug-likeness (QED) is 0.649. The minimum absolute atomic E-state index is 0.0331. The van der Waals surface area contributed by atoms with Crippen LogP contribution in [0.25, 0.3) is 0 Å². The Morgan fingerprint density at radius 1 is 1.12 bits per heavy atom. The molecule has 0 unspecified atom stereocenters. The van der Waals surface area contributed by atoms with Crippen molar-refractivity contribution in [3.05, 3.63) is 77.1 Å². The van der Waals surface area contributed by atoms with E-state index in [9.17, 15) is 4.79 Å². The zero-order valence-electron chi connectivity index (χ0n) is 14.4. The first-order chi connectivity index (χ1) is 12.1. The number of anilines is 1. The van der Waals surface area contributed by atoms with Crippen molar-refractivity contribution >= 4 is 23.4 Å². The smallest absolute Gasteiger partial charge is 0.234 e. The van der Waals surface area contributed by atoms with Crippen LogP contribution in [0.3, 0.4) is 0 Å². The van der Waals surface area contributed by atoms with Crippen molar-refractivity contribution in [1.29, 1.82) is 0 Å². The third-order valence-electron chi connectivity index (χ3n) is 3.82. The molecule has 1 amide bonds. The summed E-state index contributed by atoms with van der Waals surface area (Å²) in [5.74, 6) is 0.292. The number of nitrogens with one attached hydrogen (secondary N) is 2. The van der Waals surface area contributed by atoms with Gasteiger partial charge in [0, 0.05) is 17.8 Å². The molecule has 0 radical (unpaired) electrons.